The summed E-state index contributed by atoms with van der Waals surface area (Å²) in [6.45, 7) is -1.20. The van der Waals surface area contributed by atoms with Crippen molar-refractivity contribution in [1.82, 2.24) is 4.98 Å². The molecule has 88 valence electrons. The van der Waals surface area contributed by atoms with Crippen LogP contribution in [0.5, 0.6) is 0 Å². The van der Waals surface area contributed by atoms with Gasteiger partial charge in [-0.3, -0.25) is 0 Å². The van der Waals surface area contributed by atoms with Crippen LogP contribution in [0, 0.1) is 0 Å². The molecule has 0 fully saturated rings. The molecule has 0 spiro atoms. The third-order valence-corrected chi connectivity index (χ3v) is 1.65. The van der Waals surface area contributed by atoms with Crippen molar-refractivity contribution < 1.29 is 22.7 Å². The van der Waals surface area contributed by atoms with Gasteiger partial charge in [0, 0.05) is 6.20 Å². The standard InChI is InChI=1S/C9H9F3N2O2/c1-16-8(15)6-2-3-13-7(4-6)14-5-9(10,11)12/h2-4H,5H2,1H3,(H,13,14). The molecule has 1 heterocycles. The van der Waals surface area contributed by atoms with Crippen molar-refractivity contribution in [2.45, 2.75) is 6.18 Å². The van der Waals surface area contributed by atoms with Crippen molar-refractivity contribution in [2.75, 3.05) is 19.0 Å². The fraction of sp³-hybridized carbons (Fsp3) is 0.333. The fourth-order valence-corrected chi connectivity index (χ4v) is 0.963. The average molecular weight is 234 g/mol. The number of nitrogens with zero attached hydrogens (tertiary/aromatic N) is 1. The molecule has 1 N–H and O–H groups in total. The summed E-state index contributed by atoms with van der Waals surface area (Å²) in [7, 11) is 1.19. The highest BCUT2D eigenvalue weighted by molar-refractivity contribution is 5.89. The molecule has 0 atom stereocenters. The lowest BCUT2D eigenvalue weighted by Crippen LogP contribution is -2.21. The molecule has 0 bridgehead atoms. The minimum atomic E-state index is -4.33. The Morgan fingerprint density at radius 2 is 2.25 bits per heavy atom. The van der Waals surface area contributed by atoms with Gasteiger partial charge < -0.3 is 10.1 Å². The molecule has 0 aliphatic rings. The molecule has 0 amide bonds. The van der Waals surface area contributed by atoms with Crippen LogP contribution in [0.4, 0.5) is 19.0 Å². The van der Waals surface area contributed by atoms with Gasteiger partial charge in [0.15, 0.2) is 0 Å². The molecule has 0 aliphatic heterocycles. The molecule has 1 rings (SSSR count). The minimum absolute atomic E-state index is 0.0276. The van der Waals surface area contributed by atoms with Crippen molar-refractivity contribution in [3.63, 3.8) is 0 Å². The van der Waals surface area contributed by atoms with Gasteiger partial charge in [-0.05, 0) is 12.1 Å². The number of halogens is 3. The lowest BCUT2D eigenvalue weighted by Gasteiger charge is -2.09. The molecule has 0 unspecified atom stereocenters. The Kier molecular flexibility index (Phi) is 3.70. The second-order valence-corrected chi connectivity index (χ2v) is 2.89. The molecule has 0 radical (unpaired) electrons. The average Bonchev–Trinajstić information content (AvgIpc) is 2.25. The van der Waals surface area contributed by atoms with E-state index in [1.54, 1.807) is 0 Å². The topological polar surface area (TPSA) is 51.2 Å². The maximum Gasteiger partial charge on any atom is 0.405 e. The maximum absolute atomic E-state index is 11.9. The van der Waals surface area contributed by atoms with Crippen molar-refractivity contribution in [2.24, 2.45) is 0 Å². The van der Waals surface area contributed by atoms with E-state index in [1.807, 2.05) is 0 Å². The molecule has 7 heteroatoms. The zero-order valence-electron chi connectivity index (χ0n) is 8.34. The van der Waals surface area contributed by atoms with Gasteiger partial charge in [0.2, 0.25) is 0 Å². The van der Waals surface area contributed by atoms with E-state index in [4.69, 9.17) is 0 Å². The third kappa shape index (κ3) is 3.76. The van der Waals surface area contributed by atoms with E-state index in [-0.39, 0.29) is 11.4 Å². The van der Waals surface area contributed by atoms with Crippen molar-refractivity contribution in [3.05, 3.63) is 23.9 Å². The number of rotatable bonds is 3. The van der Waals surface area contributed by atoms with Gasteiger partial charge in [0.05, 0.1) is 12.7 Å². The highest BCUT2D eigenvalue weighted by Gasteiger charge is 2.26. The van der Waals surface area contributed by atoms with Crippen LogP contribution in [0.15, 0.2) is 18.3 Å². The lowest BCUT2D eigenvalue weighted by atomic mass is 10.2. The summed E-state index contributed by atoms with van der Waals surface area (Å²) in [5, 5.41) is 2.06. The smallest absolute Gasteiger partial charge is 0.405 e. The van der Waals surface area contributed by atoms with E-state index in [0.717, 1.165) is 0 Å². The zero-order chi connectivity index (χ0) is 12.2. The summed E-state index contributed by atoms with van der Waals surface area (Å²) in [6.07, 6.45) is -3.10. The van der Waals surface area contributed by atoms with E-state index in [2.05, 4.69) is 15.0 Å². The van der Waals surface area contributed by atoms with E-state index in [1.165, 1.54) is 25.4 Å². The Balaban J connectivity index is 2.71. The highest BCUT2D eigenvalue weighted by atomic mass is 19.4. The first-order chi connectivity index (χ1) is 7.42. The molecule has 0 saturated heterocycles. The van der Waals surface area contributed by atoms with Crippen molar-refractivity contribution >= 4 is 11.8 Å². The van der Waals surface area contributed by atoms with Crippen LogP contribution in [-0.2, 0) is 4.74 Å². The molecule has 1 aromatic heterocycles. The number of carbonyl (C=O) groups excluding carboxylic acids is 1. The van der Waals surface area contributed by atoms with Crippen molar-refractivity contribution in [3.8, 4) is 0 Å². The number of hydrogen-bond acceptors (Lipinski definition) is 4. The quantitative estimate of drug-likeness (QED) is 0.811. The Morgan fingerprint density at radius 1 is 1.56 bits per heavy atom. The van der Waals surface area contributed by atoms with Crippen LogP contribution in [0.3, 0.4) is 0 Å². The summed E-state index contributed by atoms with van der Waals surface area (Å²) in [6, 6.07) is 2.54. The van der Waals surface area contributed by atoms with Crippen LogP contribution in [0.1, 0.15) is 10.4 Å². The van der Waals surface area contributed by atoms with Crippen LogP contribution in [0.25, 0.3) is 0 Å². The molecular weight excluding hydrogens is 225 g/mol. The summed E-state index contributed by atoms with van der Waals surface area (Å²) in [4.78, 5) is 14.7. The first-order valence-corrected chi connectivity index (χ1v) is 4.27. The van der Waals surface area contributed by atoms with Crippen LogP contribution in [-0.4, -0.2) is 30.8 Å². The predicted octanol–water partition coefficient (Wildman–Crippen LogP) is 1.84. The van der Waals surface area contributed by atoms with Gasteiger partial charge in [0.25, 0.3) is 0 Å². The van der Waals surface area contributed by atoms with Gasteiger partial charge in [-0.2, -0.15) is 13.2 Å². The second kappa shape index (κ2) is 4.82. The minimum Gasteiger partial charge on any atom is -0.465 e. The number of hydrogen-bond donors (Lipinski definition) is 1. The molecule has 16 heavy (non-hydrogen) atoms. The number of ether oxygens (including phenoxy) is 1. The lowest BCUT2D eigenvalue weighted by molar-refractivity contribution is -0.115. The Morgan fingerprint density at radius 3 is 2.81 bits per heavy atom. The number of nitrogens with one attached hydrogen (secondary N) is 1. The summed E-state index contributed by atoms with van der Waals surface area (Å²) >= 11 is 0. The SMILES string of the molecule is COC(=O)c1ccnc(NCC(F)(F)F)c1. The number of aromatic nitrogens is 1. The molecule has 4 nitrogen and oxygen atoms in total. The Hall–Kier alpha value is -1.79. The molecule has 0 aromatic carbocycles. The Labute approximate surface area is 89.4 Å². The number of methoxy groups -OCH3 is 1. The van der Waals surface area contributed by atoms with Crippen LogP contribution < -0.4 is 5.32 Å². The van der Waals surface area contributed by atoms with Gasteiger partial charge in [-0.15, -0.1) is 0 Å². The van der Waals surface area contributed by atoms with Gasteiger partial charge in [-0.1, -0.05) is 0 Å². The fourth-order valence-electron chi connectivity index (χ4n) is 0.963. The monoisotopic (exact) mass is 234 g/mol. The van der Waals surface area contributed by atoms with E-state index >= 15 is 0 Å². The van der Waals surface area contributed by atoms with Gasteiger partial charge in [-0.25, -0.2) is 9.78 Å². The number of carbonyl (C=O) groups is 1. The van der Waals surface area contributed by atoms with E-state index in [9.17, 15) is 18.0 Å². The van der Waals surface area contributed by atoms with Crippen LogP contribution in [0.2, 0.25) is 0 Å². The van der Waals surface area contributed by atoms with E-state index in [0.29, 0.717) is 0 Å². The number of esters is 1. The summed E-state index contributed by atoms with van der Waals surface area (Å²) in [5.41, 5.74) is 0.141. The number of anilines is 1. The Bertz CT molecular complexity index is 379. The second-order valence-electron chi connectivity index (χ2n) is 2.89. The van der Waals surface area contributed by atoms with Crippen LogP contribution >= 0.6 is 0 Å². The molecule has 1 aromatic rings. The highest BCUT2D eigenvalue weighted by Crippen LogP contribution is 2.16. The van der Waals surface area contributed by atoms with E-state index < -0.39 is 18.7 Å². The number of alkyl halides is 3. The normalized spacial score (nSPS) is 11.0. The largest absolute Gasteiger partial charge is 0.465 e. The van der Waals surface area contributed by atoms with Gasteiger partial charge >= 0.3 is 12.1 Å². The molecule has 0 aliphatic carbocycles. The maximum atomic E-state index is 11.9. The summed E-state index contributed by atoms with van der Waals surface area (Å²) in [5.74, 6) is -0.655. The first kappa shape index (κ1) is 12.3. The third-order valence-electron chi connectivity index (χ3n) is 1.65. The van der Waals surface area contributed by atoms with Crippen molar-refractivity contribution in [1.29, 1.82) is 0 Å². The number of pyridine rings is 1. The van der Waals surface area contributed by atoms with Gasteiger partial charge in [0.1, 0.15) is 12.4 Å². The first-order valence-electron chi connectivity index (χ1n) is 4.27. The zero-order valence-corrected chi connectivity index (χ0v) is 8.34. The predicted molar refractivity (Wildman–Crippen MR) is 50.1 cm³/mol. The molecule has 0 saturated carbocycles. The summed E-state index contributed by atoms with van der Waals surface area (Å²) < 4.78 is 40.1. The molecular formula is C9H9F3N2O2.